The molecule has 86 valence electrons. The van der Waals surface area contributed by atoms with Gasteiger partial charge in [0.2, 0.25) is 0 Å². The summed E-state index contributed by atoms with van der Waals surface area (Å²) in [6, 6.07) is 9.48. The second kappa shape index (κ2) is 4.89. The molecular weight excluding hydrogens is 272 g/mol. The fourth-order valence-electron chi connectivity index (χ4n) is 1.12. The first-order valence-electron chi connectivity index (χ1n) is 4.17. The number of allylic oxidation sites excluding steroid dienone is 1. The molecule has 0 saturated carbocycles. The van der Waals surface area contributed by atoms with E-state index in [0.717, 1.165) is 10.5 Å². The first-order chi connectivity index (χ1) is 7.54. The Kier molecular flexibility index (Phi) is 3.70. The van der Waals surface area contributed by atoms with Gasteiger partial charge in [-0.2, -0.15) is 14.0 Å². The molecule has 0 aliphatic carbocycles. The van der Waals surface area contributed by atoms with E-state index < -0.39 is 20.0 Å². The molecule has 1 aromatic carbocycles. The van der Waals surface area contributed by atoms with Gasteiger partial charge in [-0.25, -0.2) is 0 Å². The van der Waals surface area contributed by atoms with Gasteiger partial charge in [0.15, 0.2) is 9.80 Å². The molecule has 16 heavy (non-hydrogen) atoms. The topological polar surface area (TPSA) is 78.4 Å². The molecule has 0 radical (unpaired) electrons. The Morgan fingerprint density at radius 2 is 1.81 bits per heavy atom. The Bertz CT molecular complexity index is 439. The van der Waals surface area contributed by atoms with Crippen LogP contribution in [0.3, 0.4) is 0 Å². The normalized spacial score (nSPS) is 20.4. The van der Waals surface area contributed by atoms with E-state index in [4.69, 9.17) is 0 Å². The Hall–Kier alpha value is -0.340. The molecular formula is C9H7ClO4S2. The van der Waals surface area contributed by atoms with Crippen molar-refractivity contribution >= 4 is 30.9 Å². The Labute approximate surface area is 101 Å². The molecule has 0 saturated heterocycles. The van der Waals surface area contributed by atoms with Crippen LogP contribution in [0.4, 0.5) is 0 Å². The van der Waals surface area contributed by atoms with Crippen molar-refractivity contribution < 1.29 is 28.0 Å². The van der Waals surface area contributed by atoms with Gasteiger partial charge in [0.25, 0.3) is 0 Å². The minimum Gasteiger partial charge on any atom is -0.182 e. The lowest BCUT2D eigenvalue weighted by atomic mass is 10.2. The zero-order valence-corrected chi connectivity index (χ0v) is 10.3. The number of benzene rings is 1. The molecule has 0 aromatic heterocycles. The van der Waals surface area contributed by atoms with Crippen molar-refractivity contribution in [2.24, 2.45) is 0 Å². The molecule has 0 amide bonds. The van der Waals surface area contributed by atoms with Crippen LogP contribution in [0.1, 0.15) is 5.56 Å². The third-order valence-corrected chi connectivity index (χ3v) is 5.72. The smallest absolute Gasteiger partial charge is 0.172 e. The van der Waals surface area contributed by atoms with Crippen molar-refractivity contribution in [1.29, 1.82) is 0 Å². The summed E-state index contributed by atoms with van der Waals surface area (Å²) in [6.07, 6.45) is 1.75. The maximum atomic E-state index is 10.4. The Balaban J connectivity index is 2.02. The van der Waals surface area contributed by atoms with Crippen molar-refractivity contribution in [3.05, 3.63) is 42.0 Å². The number of hydrogen-bond donors (Lipinski definition) is 0. The number of halogens is 1. The minimum atomic E-state index is -4.37. The number of hydrogen-bond acceptors (Lipinski definition) is 5. The summed E-state index contributed by atoms with van der Waals surface area (Å²) in [5.41, 5.74) is 0.974. The summed E-state index contributed by atoms with van der Waals surface area (Å²) in [6.45, 7) is 0. The van der Waals surface area contributed by atoms with Gasteiger partial charge in [-0.1, -0.05) is 30.3 Å². The fourth-order valence-corrected chi connectivity index (χ4v) is 5.04. The van der Waals surface area contributed by atoms with Crippen LogP contribution in [-0.2, 0) is 3.74 Å². The van der Waals surface area contributed by atoms with Crippen LogP contribution in [0.15, 0.2) is 36.4 Å². The van der Waals surface area contributed by atoms with E-state index in [1.165, 1.54) is 10.8 Å². The lowest BCUT2D eigenvalue weighted by Gasteiger charge is -2.12. The molecule has 0 bridgehead atoms. The van der Waals surface area contributed by atoms with Gasteiger partial charge in [-0.3, -0.25) is 0 Å². The summed E-state index contributed by atoms with van der Waals surface area (Å²) in [5.74, 6) is 0. The van der Waals surface area contributed by atoms with E-state index in [-0.39, 0.29) is 0 Å². The average molecular weight is 279 g/mol. The van der Waals surface area contributed by atoms with Crippen molar-refractivity contribution in [2.75, 3.05) is 0 Å². The van der Waals surface area contributed by atoms with Crippen LogP contribution in [0.25, 0.3) is 4.91 Å². The van der Waals surface area contributed by atoms with Gasteiger partial charge in [0.1, 0.15) is 3.74 Å². The van der Waals surface area contributed by atoms with Crippen molar-refractivity contribution in [2.45, 2.75) is 0 Å². The SMILES string of the molecule is [O-][Cl+3]([O-])([O-])OS1=CC=C(c2ccccc2)S1. The van der Waals surface area contributed by atoms with Crippen LogP contribution in [0, 0.1) is 10.2 Å². The maximum absolute atomic E-state index is 10.4. The highest BCUT2D eigenvalue weighted by Crippen LogP contribution is 2.47. The maximum Gasteiger partial charge on any atom is 0.172 e. The summed E-state index contributed by atoms with van der Waals surface area (Å²) < 4.78 is 35.4. The lowest BCUT2D eigenvalue weighted by Crippen LogP contribution is -2.59. The highest BCUT2D eigenvalue weighted by Gasteiger charge is 2.26. The zero-order valence-electron chi connectivity index (χ0n) is 7.87. The summed E-state index contributed by atoms with van der Waals surface area (Å²) in [5, 5.41) is 1.56. The molecule has 0 spiro atoms. The van der Waals surface area contributed by atoms with E-state index in [1.54, 1.807) is 11.4 Å². The van der Waals surface area contributed by atoms with Gasteiger partial charge in [0.05, 0.1) is 10.2 Å². The summed E-state index contributed by atoms with van der Waals surface area (Å²) >= 11 is 0. The highest BCUT2D eigenvalue weighted by molar-refractivity contribution is 8.85. The molecule has 7 heteroatoms. The van der Waals surface area contributed by atoms with Gasteiger partial charge >= 0.3 is 0 Å². The first kappa shape index (κ1) is 12.1. The number of rotatable bonds is 3. The lowest BCUT2D eigenvalue weighted by molar-refractivity contribution is -1.91. The minimum absolute atomic E-state index is 0.891. The highest BCUT2D eigenvalue weighted by atomic mass is 35.7. The molecule has 1 atom stereocenters. The Morgan fingerprint density at radius 1 is 1.12 bits per heavy atom. The predicted octanol–water partition coefficient (Wildman–Crippen LogP) is -0.411. The molecule has 1 aliphatic rings. The molecule has 1 aliphatic heterocycles. The van der Waals surface area contributed by atoms with Crippen LogP contribution >= 0.6 is 20.6 Å². The van der Waals surface area contributed by atoms with Gasteiger partial charge < -0.3 is 0 Å². The van der Waals surface area contributed by atoms with Crippen LogP contribution < -0.4 is 14.0 Å². The quantitative estimate of drug-likeness (QED) is 0.555. The largest absolute Gasteiger partial charge is 0.182 e. The van der Waals surface area contributed by atoms with E-state index in [0.29, 0.717) is 0 Å². The zero-order chi connectivity index (χ0) is 11.6. The van der Waals surface area contributed by atoms with Crippen molar-refractivity contribution in [3.8, 4) is 0 Å². The molecule has 0 fully saturated rings. The second-order valence-corrected chi connectivity index (χ2v) is 6.96. The van der Waals surface area contributed by atoms with Gasteiger partial charge in [0, 0.05) is 10.3 Å². The van der Waals surface area contributed by atoms with Crippen LogP contribution in [0.5, 0.6) is 0 Å². The monoisotopic (exact) mass is 278 g/mol. The second-order valence-electron chi connectivity index (χ2n) is 2.82. The molecule has 1 heterocycles. The summed E-state index contributed by atoms with van der Waals surface area (Å²) in [4.78, 5) is 0.891. The van der Waals surface area contributed by atoms with E-state index >= 15 is 0 Å². The van der Waals surface area contributed by atoms with E-state index in [9.17, 15) is 14.0 Å². The fraction of sp³-hybridized carbons (Fsp3) is 0. The predicted molar refractivity (Wildman–Crippen MR) is 56.8 cm³/mol. The molecule has 1 unspecified atom stereocenters. The Morgan fingerprint density at radius 3 is 2.44 bits per heavy atom. The van der Waals surface area contributed by atoms with E-state index in [1.807, 2.05) is 30.3 Å². The molecule has 4 nitrogen and oxygen atoms in total. The van der Waals surface area contributed by atoms with Crippen LogP contribution in [0.2, 0.25) is 0 Å². The van der Waals surface area contributed by atoms with Crippen molar-refractivity contribution in [3.63, 3.8) is 0 Å². The average Bonchev–Trinajstić information content (AvgIpc) is 2.65. The molecule has 1 aromatic rings. The van der Waals surface area contributed by atoms with Gasteiger partial charge in [-0.05, 0) is 22.4 Å². The van der Waals surface area contributed by atoms with Crippen LogP contribution in [-0.4, -0.2) is 5.37 Å². The standard InChI is InChI=1S/C9H7ClO4S2/c11-10(12,13)14-16-7-6-9(15-16)8-4-2-1-3-5-8/h1-7H. The third-order valence-electron chi connectivity index (χ3n) is 1.70. The summed E-state index contributed by atoms with van der Waals surface area (Å²) in [7, 11) is -4.19. The van der Waals surface area contributed by atoms with Crippen molar-refractivity contribution in [1.82, 2.24) is 0 Å². The first-order valence-corrected chi connectivity index (χ1v) is 7.95. The third kappa shape index (κ3) is 3.33. The molecule has 0 N–H and O–H groups in total. The van der Waals surface area contributed by atoms with Gasteiger partial charge in [-0.15, -0.1) is 0 Å². The van der Waals surface area contributed by atoms with E-state index in [2.05, 4.69) is 3.74 Å². The molecule has 2 rings (SSSR count).